The second kappa shape index (κ2) is 6.10. The Kier molecular flexibility index (Phi) is 5.03. The van der Waals surface area contributed by atoms with Crippen LogP contribution in [0.2, 0.25) is 0 Å². The van der Waals surface area contributed by atoms with E-state index >= 15 is 0 Å². The number of rotatable bonds is 3. The first-order chi connectivity index (χ1) is 8.32. The minimum atomic E-state index is -1.49. The molecule has 8 nitrogen and oxygen atoms in total. The van der Waals surface area contributed by atoms with Crippen molar-refractivity contribution in [2.75, 3.05) is 6.61 Å². The smallest absolute Gasteiger partial charge is 0.302 e. The highest BCUT2D eigenvalue weighted by Gasteiger charge is 2.44. The number of carbonyl (C=O) groups is 2. The summed E-state index contributed by atoms with van der Waals surface area (Å²) in [5, 5.41) is 31.3. The fourth-order valence-corrected chi connectivity index (χ4v) is 1.67. The van der Waals surface area contributed by atoms with E-state index in [1.54, 1.807) is 0 Å². The summed E-state index contributed by atoms with van der Waals surface area (Å²) in [5.74, 6) is -1.05. The van der Waals surface area contributed by atoms with Crippen LogP contribution in [0.1, 0.15) is 13.8 Å². The Hall–Kier alpha value is -1.22. The van der Waals surface area contributed by atoms with Gasteiger partial charge in [0.1, 0.15) is 31.0 Å². The third-order valence-corrected chi connectivity index (χ3v) is 2.54. The summed E-state index contributed by atoms with van der Waals surface area (Å²) in [4.78, 5) is 21.5. The number of ether oxygens (including phenoxy) is 2. The van der Waals surface area contributed by atoms with Crippen molar-refractivity contribution < 1.29 is 34.4 Å². The Morgan fingerprint density at radius 3 is 2.33 bits per heavy atom. The van der Waals surface area contributed by atoms with Gasteiger partial charge in [-0.2, -0.15) is 0 Å². The van der Waals surface area contributed by atoms with Crippen LogP contribution >= 0.6 is 0 Å². The molecular formula is C10H17NO7. The predicted molar refractivity (Wildman–Crippen MR) is 57.1 cm³/mol. The molecule has 1 aliphatic rings. The molecule has 0 radical (unpaired) electrons. The molecule has 5 atom stereocenters. The molecule has 8 heteroatoms. The third kappa shape index (κ3) is 3.64. The predicted octanol–water partition coefficient (Wildman–Crippen LogP) is -2.51. The summed E-state index contributed by atoms with van der Waals surface area (Å²) in [5.41, 5.74) is 0. The molecule has 3 unspecified atom stereocenters. The van der Waals surface area contributed by atoms with E-state index in [4.69, 9.17) is 4.74 Å². The molecule has 0 aromatic rings. The van der Waals surface area contributed by atoms with Gasteiger partial charge in [-0.15, -0.1) is 0 Å². The number of aliphatic hydroxyl groups excluding tert-OH is 3. The summed E-state index contributed by atoms with van der Waals surface area (Å²) in [6.45, 7) is 2.09. The Bertz CT molecular complexity index is 319. The fourth-order valence-electron chi connectivity index (χ4n) is 1.67. The molecule has 0 saturated carbocycles. The maximum absolute atomic E-state index is 10.9. The van der Waals surface area contributed by atoms with Crippen LogP contribution in [0.5, 0.6) is 0 Å². The first-order valence-electron chi connectivity index (χ1n) is 5.43. The van der Waals surface area contributed by atoms with Gasteiger partial charge in [0.05, 0.1) is 0 Å². The zero-order chi connectivity index (χ0) is 13.9. The quantitative estimate of drug-likeness (QED) is 0.414. The van der Waals surface area contributed by atoms with Gasteiger partial charge in [-0.3, -0.25) is 9.59 Å². The lowest BCUT2D eigenvalue weighted by Gasteiger charge is -2.40. The van der Waals surface area contributed by atoms with E-state index in [2.05, 4.69) is 10.1 Å². The number of nitrogens with one attached hydrogen (secondary N) is 1. The van der Waals surface area contributed by atoms with Crippen LogP contribution in [0.15, 0.2) is 0 Å². The summed E-state index contributed by atoms with van der Waals surface area (Å²) in [6.07, 6.45) is -5.35. The molecule has 1 saturated heterocycles. The summed E-state index contributed by atoms with van der Waals surface area (Å²) < 4.78 is 9.62. The van der Waals surface area contributed by atoms with Crippen molar-refractivity contribution >= 4 is 11.9 Å². The van der Waals surface area contributed by atoms with E-state index < -0.39 is 42.5 Å². The van der Waals surface area contributed by atoms with E-state index in [1.807, 2.05) is 0 Å². The highest BCUT2D eigenvalue weighted by atomic mass is 16.6. The van der Waals surface area contributed by atoms with Gasteiger partial charge in [-0.25, -0.2) is 0 Å². The molecule has 0 aromatic heterocycles. The zero-order valence-corrected chi connectivity index (χ0v) is 10.1. The van der Waals surface area contributed by atoms with Gasteiger partial charge in [0.2, 0.25) is 5.91 Å². The Balaban J connectivity index is 2.64. The van der Waals surface area contributed by atoms with Crippen LogP contribution < -0.4 is 5.32 Å². The minimum Gasteiger partial charge on any atom is -0.463 e. The summed E-state index contributed by atoms with van der Waals surface area (Å²) >= 11 is 0. The van der Waals surface area contributed by atoms with Crippen molar-refractivity contribution in [1.29, 1.82) is 0 Å². The van der Waals surface area contributed by atoms with E-state index in [9.17, 15) is 24.9 Å². The van der Waals surface area contributed by atoms with E-state index in [-0.39, 0.29) is 6.61 Å². The van der Waals surface area contributed by atoms with Crippen molar-refractivity contribution in [3.05, 3.63) is 0 Å². The van der Waals surface area contributed by atoms with Crippen LogP contribution in [0.3, 0.4) is 0 Å². The second-order valence-electron chi connectivity index (χ2n) is 4.08. The van der Waals surface area contributed by atoms with Crippen LogP contribution in [0.4, 0.5) is 0 Å². The van der Waals surface area contributed by atoms with Crippen molar-refractivity contribution in [3.63, 3.8) is 0 Å². The number of aliphatic hydroxyl groups is 3. The van der Waals surface area contributed by atoms with E-state index in [0.717, 1.165) is 0 Å². The van der Waals surface area contributed by atoms with Crippen LogP contribution in [-0.2, 0) is 19.1 Å². The fraction of sp³-hybridized carbons (Fsp3) is 0.800. The van der Waals surface area contributed by atoms with Gasteiger partial charge < -0.3 is 30.1 Å². The van der Waals surface area contributed by atoms with Crippen LogP contribution in [-0.4, -0.2) is 64.4 Å². The molecule has 4 N–H and O–H groups in total. The van der Waals surface area contributed by atoms with Crippen LogP contribution in [0.25, 0.3) is 0 Å². The van der Waals surface area contributed by atoms with Crippen molar-refractivity contribution in [3.8, 4) is 0 Å². The Morgan fingerprint density at radius 1 is 1.22 bits per heavy atom. The Morgan fingerprint density at radius 2 is 1.83 bits per heavy atom. The maximum atomic E-state index is 10.9. The van der Waals surface area contributed by atoms with Crippen molar-refractivity contribution in [1.82, 2.24) is 5.32 Å². The third-order valence-electron chi connectivity index (χ3n) is 2.54. The lowest BCUT2D eigenvalue weighted by molar-refractivity contribution is -0.255. The molecule has 1 amide bonds. The first kappa shape index (κ1) is 14.8. The second-order valence-corrected chi connectivity index (χ2v) is 4.08. The molecule has 1 heterocycles. The average Bonchev–Trinajstić information content (AvgIpc) is 2.27. The number of hydrogen-bond acceptors (Lipinski definition) is 7. The molecule has 1 aliphatic heterocycles. The lowest BCUT2D eigenvalue weighted by atomic mass is 9.97. The van der Waals surface area contributed by atoms with Gasteiger partial charge in [0.15, 0.2) is 6.29 Å². The van der Waals surface area contributed by atoms with Crippen LogP contribution in [0, 0.1) is 0 Å². The SMILES string of the molecule is CC(=O)NC1C(O)[C@H](O)C(COC(C)=O)O[C@H]1O. The van der Waals surface area contributed by atoms with Crippen molar-refractivity contribution in [2.45, 2.75) is 44.5 Å². The van der Waals surface area contributed by atoms with Gasteiger partial charge in [-0.05, 0) is 0 Å². The van der Waals surface area contributed by atoms with Crippen molar-refractivity contribution in [2.24, 2.45) is 0 Å². The molecule has 0 aromatic carbocycles. The first-order valence-corrected chi connectivity index (χ1v) is 5.43. The van der Waals surface area contributed by atoms with Gasteiger partial charge >= 0.3 is 5.97 Å². The average molecular weight is 263 g/mol. The standard InChI is InChI=1S/C10H17NO7/c1-4(12)11-7-9(15)8(14)6(18-10(7)16)3-17-5(2)13/h6-10,14-16H,3H2,1-2H3,(H,11,12)/t6?,7?,8-,9?,10-/m1/s1. The molecule has 0 bridgehead atoms. The number of carbonyl (C=O) groups excluding carboxylic acids is 2. The largest absolute Gasteiger partial charge is 0.463 e. The van der Waals surface area contributed by atoms with E-state index in [0.29, 0.717) is 0 Å². The topological polar surface area (TPSA) is 125 Å². The molecular weight excluding hydrogens is 246 g/mol. The summed E-state index contributed by atoms with van der Waals surface area (Å²) in [7, 11) is 0. The monoisotopic (exact) mass is 263 g/mol. The number of hydrogen-bond donors (Lipinski definition) is 4. The molecule has 1 fully saturated rings. The van der Waals surface area contributed by atoms with Gasteiger partial charge in [0.25, 0.3) is 0 Å². The number of amides is 1. The number of esters is 1. The minimum absolute atomic E-state index is 0.294. The molecule has 0 aliphatic carbocycles. The molecule has 18 heavy (non-hydrogen) atoms. The lowest BCUT2D eigenvalue weighted by Crippen LogP contribution is -2.64. The molecule has 1 rings (SSSR count). The summed E-state index contributed by atoms with van der Waals surface area (Å²) in [6, 6.07) is -1.13. The zero-order valence-electron chi connectivity index (χ0n) is 10.1. The normalized spacial score (nSPS) is 35.9. The molecule has 104 valence electrons. The highest BCUT2D eigenvalue weighted by Crippen LogP contribution is 2.20. The highest BCUT2D eigenvalue weighted by molar-refractivity contribution is 5.73. The molecule has 0 spiro atoms. The maximum Gasteiger partial charge on any atom is 0.302 e. The Labute approximate surface area is 104 Å². The van der Waals surface area contributed by atoms with Gasteiger partial charge in [-0.1, -0.05) is 0 Å². The van der Waals surface area contributed by atoms with E-state index in [1.165, 1.54) is 13.8 Å². The van der Waals surface area contributed by atoms with Gasteiger partial charge in [0, 0.05) is 13.8 Å².